The van der Waals surface area contributed by atoms with Crippen LogP contribution >= 0.6 is 11.8 Å². The predicted molar refractivity (Wildman–Crippen MR) is 98.5 cm³/mol. The van der Waals surface area contributed by atoms with E-state index in [1.165, 1.54) is 49.1 Å². The maximum atomic E-state index is 13.7. The standard InChI is InChI=1S/C19H18FNO6S/c1-11(22)21-14(10-28-18(21)17-4-3-7-26-17)19(24)27-9-15(23)12-5-6-16(25-2)13(20)8-12/h3-8,14,18H,9-10H2,1-2H3/t14-,18-/m1/s1. The van der Waals surface area contributed by atoms with E-state index in [0.717, 1.165) is 6.07 Å². The third-order valence-electron chi connectivity index (χ3n) is 4.24. The topological polar surface area (TPSA) is 86.1 Å². The number of methoxy groups -OCH3 is 1. The van der Waals surface area contributed by atoms with Crippen molar-refractivity contribution in [2.45, 2.75) is 18.3 Å². The highest BCUT2D eigenvalue weighted by atomic mass is 32.2. The van der Waals surface area contributed by atoms with Crippen molar-refractivity contribution in [1.82, 2.24) is 4.90 Å². The number of esters is 1. The van der Waals surface area contributed by atoms with Crippen LogP contribution in [0.15, 0.2) is 41.0 Å². The molecule has 0 aliphatic carbocycles. The molecule has 1 fully saturated rings. The molecule has 1 aliphatic heterocycles. The second-order valence-electron chi connectivity index (χ2n) is 6.02. The van der Waals surface area contributed by atoms with Crippen molar-refractivity contribution in [2.75, 3.05) is 19.5 Å². The molecule has 0 radical (unpaired) electrons. The Balaban J connectivity index is 1.65. The van der Waals surface area contributed by atoms with Gasteiger partial charge in [0.2, 0.25) is 5.91 Å². The molecule has 1 amide bonds. The molecule has 2 aromatic rings. The molecule has 0 spiro atoms. The summed E-state index contributed by atoms with van der Waals surface area (Å²) in [5.41, 5.74) is 0.0591. The Kier molecular flexibility index (Phi) is 6.03. The number of hydrogen-bond acceptors (Lipinski definition) is 7. The molecule has 2 heterocycles. The highest BCUT2D eigenvalue weighted by Gasteiger charge is 2.43. The zero-order valence-electron chi connectivity index (χ0n) is 15.2. The van der Waals surface area contributed by atoms with Crippen LogP contribution in [0.3, 0.4) is 0 Å². The third-order valence-corrected chi connectivity index (χ3v) is 5.53. The van der Waals surface area contributed by atoms with Crippen LogP contribution in [0.1, 0.15) is 28.4 Å². The normalized spacial score (nSPS) is 18.8. The number of ether oxygens (including phenoxy) is 2. The summed E-state index contributed by atoms with van der Waals surface area (Å²) in [6, 6.07) is 6.32. The summed E-state index contributed by atoms with van der Waals surface area (Å²) in [4.78, 5) is 38.1. The van der Waals surface area contributed by atoms with Gasteiger partial charge in [-0.1, -0.05) is 0 Å². The number of hydrogen-bond donors (Lipinski definition) is 0. The van der Waals surface area contributed by atoms with Crippen LogP contribution < -0.4 is 4.74 Å². The molecule has 0 saturated carbocycles. The fraction of sp³-hybridized carbons (Fsp3) is 0.316. The van der Waals surface area contributed by atoms with Crippen LogP contribution in [0.2, 0.25) is 0 Å². The SMILES string of the molecule is COc1ccc(C(=O)COC(=O)[C@H]2CS[C@H](c3ccco3)N2C(C)=O)cc1F. The van der Waals surface area contributed by atoms with Crippen molar-refractivity contribution in [3.05, 3.63) is 53.7 Å². The molecular formula is C19H18FNO6S. The van der Waals surface area contributed by atoms with E-state index >= 15 is 0 Å². The average molecular weight is 407 g/mol. The maximum Gasteiger partial charge on any atom is 0.330 e. The fourth-order valence-electron chi connectivity index (χ4n) is 2.88. The molecule has 1 aromatic carbocycles. The molecule has 1 saturated heterocycles. The second-order valence-corrected chi connectivity index (χ2v) is 7.14. The average Bonchev–Trinajstić information content (AvgIpc) is 3.34. The molecule has 0 N–H and O–H groups in total. The number of furan rings is 1. The Bertz CT molecular complexity index is 885. The predicted octanol–water partition coefficient (Wildman–Crippen LogP) is 2.82. The molecule has 28 heavy (non-hydrogen) atoms. The first-order valence-electron chi connectivity index (χ1n) is 8.39. The molecule has 148 valence electrons. The van der Waals surface area contributed by atoms with Crippen molar-refractivity contribution in [3.8, 4) is 5.75 Å². The smallest absolute Gasteiger partial charge is 0.330 e. The van der Waals surface area contributed by atoms with Crippen LogP contribution in [0.5, 0.6) is 5.75 Å². The van der Waals surface area contributed by atoms with E-state index in [1.807, 2.05) is 0 Å². The van der Waals surface area contributed by atoms with Crippen LogP contribution in [-0.2, 0) is 14.3 Å². The van der Waals surface area contributed by atoms with Gasteiger partial charge in [-0.2, -0.15) is 0 Å². The van der Waals surface area contributed by atoms with Gasteiger partial charge in [0.15, 0.2) is 24.0 Å². The molecule has 1 aliphatic rings. The lowest BCUT2D eigenvalue weighted by Gasteiger charge is -2.25. The summed E-state index contributed by atoms with van der Waals surface area (Å²) in [6.07, 6.45) is 1.49. The first kappa shape index (κ1) is 19.9. The number of carbonyl (C=O) groups is 3. The zero-order chi connectivity index (χ0) is 20.3. The number of thioether (sulfide) groups is 1. The number of benzene rings is 1. The summed E-state index contributed by atoms with van der Waals surface area (Å²) in [7, 11) is 1.32. The maximum absolute atomic E-state index is 13.7. The van der Waals surface area contributed by atoms with Gasteiger partial charge >= 0.3 is 5.97 Å². The molecule has 1 aromatic heterocycles. The number of Topliss-reactive ketones (excluding diaryl/α,β-unsaturated/α-hetero) is 1. The summed E-state index contributed by atoms with van der Waals surface area (Å²) < 4.78 is 29.0. The van der Waals surface area contributed by atoms with E-state index in [9.17, 15) is 18.8 Å². The van der Waals surface area contributed by atoms with Crippen LogP contribution in [0.4, 0.5) is 4.39 Å². The Morgan fingerprint density at radius 1 is 1.32 bits per heavy atom. The van der Waals surface area contributed by atoms with Crippen molar-refractivity contribution >= 4 is 29.4 Å². The van der Waals surface area contributed by atoms with Gasteiger partial charge in [-0.3, -0.25) is 9.59 Å². The van der Waals surface area contributed by atoms with E-state index in [2.05, 4.69) is 0 Å². The van der Waals surface area contributed by atoms with Gasteiger partial charge in [-0.25, -0.2) is 9.18 Å². The lowest BCUT2D eigenvalue weighted by molar-refractivity contribution is -0.152. The van der Waals surface area contributed by atoms with E-state index in [-0.39, 0.29) is 17.2 Å². The number of ketones is 1. The quantitative estimate of drug-likeness (QED) is 0.538. The minimum Gasteiger partial charge on any atom is -0.494 e. The first-order chi connectivity index (χ1) is 13.4. The summed E-state index contributed by atoms with van der Waals surface area (Å²) in [5, 5.41) is -0.434. The number of carbonyl (C=O) groups excluding carboxylic acids is 3. The number of halogens is 1. The van der Waals surface area contributed by atoms with Gasteiger partial charge in [0, 0.05) is 18.2 Å². The van der Waals surface area contributed by atoms with E-state index in [0.29, 0.717) is 11.5 Å². The zero-order valence-corrected chi connectivity index (χ0v) is 16.0. The minimum absolute atomic E-state index is 0.0117. The van der Waals surface area contributed by atoms with Gasteiger partial charge in [0.05, 0.1) is 13.4 Å². The van der Waals surface area contributed by atoms with Crippen LogP contribution in [0, 0.1) is 5.82 Å². The third kappa shape index (κ3) is 4.04. The molecule has 0 unspecified atom stereocenters. The van der Waals surface area contributed by atoms with E-state index in [1.54, 1.807) is 12.1 Å². The Labute approximate surface area is 164 Å². The molecule has 7 nitrogen and oxygen atoms in total. The van der Waals surface area contributed by atoms with Crippen LogP contribution in [-0.4, -0.2) is 48.1 Å². The largest absolute Gasteiger partial charge is 0.494 e. The number of nitrogens with zero attached hydrogens (tertiary/aromatic N) is 1. The van der Waals surface area contributed by atoms with Gasteiger partial charge in [0.25, 0.3) is 0 Å². The van der Waals surface area contributed by atoms with Crippen molar-refractivity contribution in [2.24, 2.45) is 0 Å². The van der Waals surface area contributed by atoms with Gasteiger partial charge in [0.1, 0.15) is 17.2 Å². The molecule has 2 atom stereocenters. The fourth-order valence-corrected chi connectivity index (χ4v) is 4.30. The lowest BCUT2D eigenvalue weighted by Crippen LogP contribution is -2.43. The summed E-state index contributed by atoms with van der Waals surface area (Å²) in [5.74, 6) is -1.36. The van der Waals surface area contributed by atoms with Crippen LogP contribution in [0.25, 0.3) is 0 Å². The van der Waals surface area contributed by atoms with Crippen molar-refractivity contribution in [3.63, 3.8) is 0 Å². The summed E-state index contributed by atoms with van der Waals surface area (Å²) >= 11 is 1.37. The van der Waals surface area contributed by atoms with E-state index in [4.69, 9.17) is 13.9 Å². The Morgan fingerprint density at radius 3 is 2.71 bits per heavy atom. The minimum atomic E-state index is -0.835. The molecule has 0 bridgehead atoms. The highest BCUT2D eigenvalue weighted by Crippen LogP contribution is 2.41. The van der Waals surface area contributed by atoms with Gasteiger partial charge in [-0.05, 0) is 30.3 Å². The number of amides is 1. The Morgan fingerprint density at radius 2 is 2.11 bits per heavy atom. The number of rotatable bonds is 6. The molecule has 9 heteroatoms. The highest BCUT2D eigenvalue weighted by molar-refractivity contribution is 7.99. The lowest BCUT2D eigenvalue weighted by atomic mass is 10.1. The van der Waals surface area contributed by atoms with Gasteiger partial charge < -0.3 is 18.8 Å². The molecular weight excluding hydrogens is 389 g/mol. The van der Waals surface area contributed by atoms with Crippen molar-refractivity contribution < 1.29 is 32.7 Å². The van der Waals surface area contributed by atoms with Crippen molar-refractivity contribution in [1.29, 1.82) is 0 Å². The Hall–Kier alpha value is -2.81. The van der Waals surface area contributed by atoms with E-state index < -0.39 is 35.6 Å². The molecule has 3 rings (SSSR count). The first-order valence-corrected chi connectivity index (χ1v) is 9.44. The van der Waals surface area contributed by atoms with Gasteiger partial charge in [-0.15, -0.1) is 11.8 Å². The summed E-state index contributed by atoms with van der Waals surface area (Å²) in [6.45, 7) is 0.802. The monoisotopic (exact) mass is 407 g/mol. The second kappa shape index (κ2) is 8.47.